The summed E-state index contributed by atoms with van der Waals surface area (Å²) in [5.41, 5.74) is 9.57. The number of hydrogen-bond acceptors (Lipinski definition) is 3. The summed E-state index contributed by atoms with van der Waals surface area (Å²) >= 11 is 0. The molecule has 0 aliphatic carbocycles. The fourth-order valence-electron chi connectivity index (χ4n) is 2.09. The van der Waals surface area contributed by atoms with Crippen LogP contribution in [0, 0.1) is 13.8 Å². The van der Waals surface area contributed by atoms with E-state index in [0.717, 1.165) is 25.1 Å². The van der Waals surface area contributed by atoms with Gasteiger partial charge in [-0.15, -0.1) is 0 Å². The first-order valence-electron chi connectivity index (χ1n) is 7.17. The van der Waals surface area contributed by atoms with Gasteiger partial charge in [0.15, 0.2) is 0 Å². The predicted octanol–water partition coefficient (Wildman–Crippen LogP) is 2.59. The molecule has 1 aromatic heterocycles. The lowest BCUT2D eigenvalue weighted by Crippen LogP contribution is -2.23. The maximum absolute atomic E-state index is 6.05. The summed E-state index contributed by atoms with van der Waals surface area (Å²) in [7, 11) is 0. The van der Waals surface area contributed by atoms with Gasteiger partial charge in [0, 0.05) is 11.7 Å². The third-order valence-corrected chi connectivity index (χ3v) is 3.36. The van der Waals surface area contributed by atoms with Crippen LogP contribution in [0.2, 0.25) is 0 Å². The summed E-state index contributed by atoms with van der Waals surface area (Å²) in [5, 5.41) is 4.60. The molecule has 110 valence electrons. The fourth-order valence-corrected chi connectivity index (χ4v) is 2.09. The number of aromatic nitrogens is 2. The normalized spacial score (nSPS) is 13.8. The Morgan fingerprint density at radius 3 is 2.47 bits per heavy atom. The van der Waals surface area contributed by atoms with E-state index in [1.165, 1.54) is 11.3 Å². The molecule has 0 saturated carbocycles. The van der Waals surface area contributed by atoms with Gasteiger partial charge in [0.05, 0.1) is 24.4 Å². The summed E-state index contributed by atoms with van der Waals surface area (Å²) in [6.45, 7) is 14.0. The smallest absolute Gasteiger partial charge is 0.0669 e. The lowest BCUT2D eigenvalue weighted by molar-refractivity contribution is -0.00810. The SMILES string of the molecule is CCC(N)Cc1c(C)nn(CCOC(C)(C)C)c1C. The Morgan fingerprint density at radius 1 is 1.32 bits per heavy atom. The summed E-state index contributed by atoms with van der Waals surface area (Å²) in [6, 6.07) is 0.223. The summed E-state index contributed by atoms with van der Waals surface area (Å²) in [6.07, 6.45) is 1.91. The van der Waals surface area contributed by atoms with Crippen LogP contribution < -0.4 is 5.73 Å². The van der Waals surface area contributed by atoms with Crippen molar-refractivity contribution in [1.29, 1.82) is 0 Å². The van der Waals surface area contributed by atoms with Crippen molar-refractivity contribution in [3.05, 3.63) is 17.0 Å². The topological polar surface area (TPSA) is 53.1 Å². The zero-order valence-corrected chi connectivity index (χ0v) is 13.3. The molecule has 0 amide bonds. The van der Waals surface area contributed by atoms with Crippen LogP contribution in [0.5, 0.6) is 0 Å². The Kier molecular flexibility index (Phi) is 5.56. The van der Waals surface area contributed by atoms with Crippen molar-refractivity contribution in [1.82, 2.24) is 9.78 Å². The lowest BCUT2D eigenvalue weighted by Gasteiger charge is -2.19. The van der Waals surface area contributed by atoms with Gasteiger partial charge in [-0.2, -0.15) is 5.10 Å². The minimum Gasteiger partial charge on any atom is -0.374 e. The lowest BCUT2D eigenvalue weighted by atomic mass is 10.0. The Labute approximate surface area is 117 Å². The van der Waals surface area contributed by atoms with E-state index in [4.69, 9.17) is 10.5 Å². The van der Waals surface area contributed by atoms with Crippen molar-refractivity contribution < 1.29 is 4.74 Å². The third-order valence-electron chi connectivity index (χ3n) is 3.36. The number of nitrogens with two attached hydrogens (primary N) is 1. The Hall–Kier alpha value is -0.870. The second kappa shape index (κ2) is 6.53. The molecule has 4 heteroatoms. The standard InChI is InChI=1S/C15H29N3O/c1-7-13(16)10-14-11(2)17-18(12(14)3)8-9-19-15(4,5)6/h13H,7-10,16H2,1-6H3. The molecule has 0 spiro atoms. The average molecular weight is 267 g/mol. The Bertz CT molecular complexity index is 404. The minimum atomic E-state index is -0.0938. The molecule has 0 aliphatic rings. The molecule has 1 atom stereocenters. The summed E-state index contributed by atoms with van der Waals surface area (Å²) < 4.78 is 7.79. The van der Waals surface area contributed by atoms with E-state index in [1.54, 1.807) is 0 Å². The largest absolute Gasteiger partial charge is 0.374 e. The molecule has 4 nitrogen and oxygen atoms in total. The molecule has 0 aliphatic heterocycles. The highest BCUT2D eigenvalue weighted by Gasteiger charge is 2.15. The van der Waals surface area contributed by atoms with Crippen LogP contribution in [0.15, 0.2) is 0 Å². The average Bonchev–Trinajstić information content (AvgIpc) is 2.55. The molecule has 1 aromatic rings. The van der Waals surface area contributed by atoms with E-state index < -0.39 is 0 Å². The van der Waals surface area contributed by atoms with Crippen LogP contribution in [0.25, 0.3) is 0 Å². The molecule has 0 radical (unpaired) electrons. The maximum atomic E-state index is 6.05. The van der Waals surface area contributed by atoms with Crippen LogP contribution in [-0.2, 0) is 17.7 Å². The van der Waals surface area contributed by atoms with Gasteiger partial charge in [-0.25, -0.2) is 0 Å². The van der Waals surface area contributed by atoms with E-state index in [1.807, 2.05) is 4.68 Å². The first kappa shape index (κ1) is 16.2. The zero-order chi connectivity index (χ0) is 14.6. The fraction of sp³-hybridized carbons (Fsp3) is 0.800. The molecule has 0 saturated heterocycles. The van der Waals surface area contributed by atoms with Crippen molar-refractivity contribution >= 4 is 0 Å². The van der Waals surface area contributed by atoms with Gasteiger partial charge in [0.1, 0.15) is 0 Å². The zero-order valence-electron chi connectivity index (χ0n) is 13.3. The van der Waals surface area contributed by atoms with Crippen molar-refractivity contribution in [3.63, 3.8) is 0 Å². The molecule has 0 aromatic carbocycles. The minimum absolute atomic E-state index is 0.0938. The van der Waals surface area contributed by atoms with Crippen LogP contribution in [0.4, 0.5) is 0 Å². The van der Waals surface area contributed by atoms with Gasteiger partial charge in [-0.05, 0) is 53.0 Å². The molecule has 1 rings (SSSR count). The van der Waals surface area contributed by atoms with Gasteiger partial charge in [0.2, 0.25) is 0 Å². The molecule has 1 heterocycles. The highest BCUT2D eigenvalue weighted by Crippen LogP contribution is 2.16. The van der Waals surface area contributed by atoms with E-state index >= 15 is 0 Å². The number of hydrogen-bond donors (Lipinski definition) is 1. The molecule has 0 bridgehead atoms. The van der Waals surface area contributed by atoms with Crippen LogP contribution in [-0.4, -0.2) is 28.0 Å². The van der Waals surface area contributed by atoms with Gasteiger partial charge in [0.25, 0.3) is 0 Å². The first-order chi connectivity index (χ1) is 8.74. The van der Waals surface area contributed by atoms with Gasteiger partial charge >= 0.3 is 0 Å². The monoisotopic (exact) mass is 267 g/mol. The molecule has 2 N–H and O–H groups in total. The van der Waals surface area contributed by atoms with Crippen LogP contribution in [0.3, 0.4) is 0 Å². The van der Waals surface area contributed by atoms with Crippen molar-refractivity contribution in [2.24, 2.45) is 5.73 Å². The number of nitrogens with zero attached hydrogens (tertiary/aromatic N) is 2. The van der Waals surface area contributed by atoms with E-state index in [-0.39, 0.29) is 11.6 Å². The van der Waals surface area contributed by atoms with Crippen molar-refractivity contribution in [3.8, 4) is 0 Å². The molecule has 19 heavy (non-hydrogen) atoms. The van der Waals surface area contributed by atoms with E-state index in [9.17, 15) is 0 Å². The van der Waals surface area contributed by atoms with Crippen LogP contribution in [0.1, 0.15) is 51.1 Å². The second-order valence-electron chi connectivity index (χ2n) is 6.21. The summed E-state index contributed by atoms with van der Waals surface area (Å²) in [4.78, 5) is 0. The molecular formula is C15H29N3O. The van der Waals surface area contributed by atoms with Gasteiger partial charge in [-0.1, -0.05) is 6.92 Å². The van der Waals surface area contributed by atoms with E-state index in [0.29, 0.717) is 6.61 Å². The molecule has 1 unspecified atom stereocenters. The van der Waals surface area contributed by atoms with E-state index in [2.05, 4.69) is 46.6 Å². The first-order valence-corrected chi connectivity index (χ1v) is 7.17. The Balaban J connectivity index is 2.68. The number of aryl methyl sites for hydroxylation is 1. The van der Waals surface area contributed by atoms with Crippen LogP contribution >= 0.6 is 0 Å². The number of rotatable bonds is 6. The van der Waals surface area contributed by atoms with Gasteiger partial charge in [-0.3, -0.25) is 4.68 Å². The second-order valence-corrected chi connectivity index (χ2v) is 6.21. The Morgan fingerprint density at radius 2 is 1.95 bits per heavy atom. The maximum Gasteiger partial charge on any atom is 0.0669 e. The number of ether oxygens (including phenoxy) is 1. The highest BCUT2D eigenvalue weighted by molar-refractivity contribution is 5.25. The third kappa shape index (κ3) is 4.96. The van der Waals surface area contributed by atoms with Gasteiger partial charge < -0.3 is 10.5 Å². The highest BCUT2D eigenvalue weighted by atomic mass is 16.5. The van der Waals surface area contributed by atoms with Crippen molar-refractivity contribution in [2.75, 3.05) is 6.61 Å². The van der Waals surface area contributed by atoms with Crippen molar-refractivity contribution in [2.45, 2.75) is 72.6 Å². The predicted molar refractivity (Wildman–Crippen MR) is 79.4 cm³/mol. The quantitative estimate of drug-likeness (QED) is 0.862. The summed E-state index contributed by atoms with van der Waals surface area (Å²) in [5.74, 6) is 0. The molecular weight excluding hydrogens is 238 g/mol. The molecule has 0 fully saturated rings.